The molecule has 0 radical (unpaired) electrons. The second-order valence-corrected chi connectivity index (χ2v) is 11.9. The van der Waals surface area contributed by atoms with E-state index in [0.717, 1.165) is 39.3 Å². The van der Waals surface area contributed by atoms with Gasteiger partial charge in [-0.1, -0.05) is 0 Å². The molecule has 0 aliphatic heterocycles. The molecule has 0 saturated heterocycles. The maximum absolute atomic E-state index is 2.83. The molecule has 0 aliphatic rings. The van der Waals surface area contributed by atoms with Gasteiger partial charge in [-0.25, -0.2) is 0 Å². The Morgan fingerprint density at radius 2 is 0.957 bits per heavy atom. The summed E-state index contributed by atoms with van der Waals surface area (Å²) in [5.74, 6) is 0. The molecule has 0 N–H and O–H groups in total. The Bertz CT molecular complexity index is 381. The molecular formula is C19H37N3Ti. The molecule has 0 bridgehead atoms. The van der Waals surface area contributed by atoms with Crippen LogP contribution in [0.5, 0.6) is 0 Å². The van der Waals surface area contributed by atoms with Crippen molar-refractivity contribution in [1.82, 2.24) is 10.1 Å². The van der Waals surface area contributed by atoms with E-state index in [4.69, 9.17) is 0 Å². The van der Waals surface area contributed by atoms with Gasteiger partial charge >= 0.3 is 149 Å². The number of benzene rings is 1. The summed E-state index contributed by atoms with van der Waals surface area (Å²) in [7, 11) is 0. The van der Waals surface area contributed by atoms with Crippen LogP contribution in [0, 0.1) is 0 Å². The van der Waals surface area contributed by atoms with Gasteiger partial charge < -0.3 is 0 Å². The third-order valence-corrected chi connectivity index (χ3v) is 14.2. The van der Waals surface area contributed by atoms with Crippen LogP contribution in [0.3, 0.4) is 0 Å². The van der Waals surface area contributed by atoms with E-state index in [2.05, 4.69) is 82.0 Å². The molecule has 0 heterocycles. The van der Waals surface area contributed by atoms with E-state index in [1.54, 1.807) is 0 Å². The predicted octanol–water partition coefficient (Wildman–Crippen LogP) is 4.11. The molecule has 1 aromatic carbocycles. The summed E-state index contributed by atoms with van der Waals surface area (Å²) in [4.78, 5) is 0. The van der Waals surface area contributed by atoms with E-state index >= 15 is 0 Å². The summed E-state index contributed by atoms with van der Waals surface area (Å²) in [5.41, 5.74) is 1.50. The molecule has 0 amide bonds. The minimum atomic E-state index is -2.58. The molecule has 1 aromatic rings. The van der Waals surface area contributed by atoms with Crippen molar-refractivity contribution in [3.8, 4) is 0 Å². The van der Waals surface area contributed by atoms with Crippen molar-refractivity contribution in [1.29, 1.82) is 0 Å². The first-order valence-electron chi connectivity index (χ1n) is 9.43. The SMILES string of the molecule is CC[N](CC)[Ti]([CH2]c1ccccc1)([N](CC)CC)[N](CC)CC. The second-order valence-electron chi connectivity index (χ2n) is 5.95. The fourth-order valence-electron chi connectivity index (χ4n) is 4.00. The standard InChI is InChI=1S/C7H7.3C4H10N.Ti/c1-7-5-3-2-4-6-7;3*1-3-5-4-2;/h2-6H,1H2;3*3-4H2,1-2H3;/q;3*-1;+3. The molecule has 0 saturated carbocycles. The van der Waals surface area contributed by atoms with E-state index in [1.165, 1.54) is 10.3 Å². The summed E-state index contributed by atoms with van der Waals surface area (Å²) in [6.07, 6.45) is 0. The van der Waals surface area contributed by atoms with Crippen molar-refractivity contribution >= 4 is 0 Å². The second kappa shape index (κ2) is 10.6. The minimum absolute atomic E-state index is 1.15. The number of rotatable bonds is 11. The van der Waals surface area contributed by atoms with Gasteiger partial charge in [0.15, 0.2) is 0 Å². The number of hydrogen-bond donors (Lipinski definition) is 0. The van der Waals surface area contributed by atoms with Crippen LogP contribution >= 0.6 is 0 Å². The first-order valence-corrected chi connectivity index (χ1v) is 12.6. The summed E-state index contributed by atoms with van der Waals surface area (Å²) in [5, 5.41) is 0. The van der Waals surface area contributed by atoms with Crippen LogP contribution in [0.15, 0.2) is 30.3 Å². The summed E-state index contributed by atoms with van der Waals surface area (Å²) in [6.45, 7) is 20.9. The van der Waals surface area contributed by atoms with Crippen molar-refractivity contribution in [2.24, 2.45) is 0 Å². The number of nitrogens with zero attached hydrogens (tertiary/aromatic N) is 3. The normalized spacial score (nSPS) is 12.6. The zero-order valence-electron chi connectivity index (χ0n) is 16.2. The van der Waals surface area contributed by atoms with E-state index in [1.807, 2.05) is 0 Å². The Morgan fingerprint density at radius 1 is 0.609 bits per heavy atom. The van der Waals surface area contributed by atoms with Crippen molar-refractivity contribution in [3.05, 3.63) is 35.9 Å². The van der Waals surface area contributed by atoms with E-state index in [9.17, 15) is 0 Å². The maximum atomic E-state index is 2.83. The molecule has 0 spiro atoms. The Hall–Kier alpha value is -0.186. The zero-order chi connectivity index (χ0) is 17.3. The molecule has 0 aliphatic carbocycles. The molecule has 0 fully saturated rings. The Labute approximate surface area is 148 Å². The number of hydrogen-bond acceptors (Lipinski definition) is 3. The molecule has 132 valence electrons. The van der Waals surface area contributed by atoms with Crippen molar-refractivity contribution in [2.45, 2.75) is 46.3 Å². The van der Waals surface area contributed by atoms with Gasteiger partial charge in [-0.05, 0) is 0 Å². The molecular weight excluding hydrogens is 318 g/mol. The summed E-state index contributed by atoms with van der Waals surface area (Å²) < 4.78 is 9.71. The van der Waals surface area contributed by atoms with Gasteiger partial charge in [0.1, 0.15) is 0 Å². The fourth-order valence-corrected chi connectivity index (χ4v) is 12.9. The molecule has 0 aromatic heterocycles. The monoisotopic (exact) mass is 355 g/mol. The molecule has 3 nitrogen and oxygen atoms in total. The van der Waals surface area contributed by atoms with E-state index in [0.29, 0.717) is 0 Å². The average Bonchev–Trinajstić information content (AvgIpc) is 2.59. The van der Waals surface area contributed by atoms with Crippen molar-refractivity contribution < 1.29 is 17.4 Å². The quantitative estimate of drug-likeness (QED) is 0.553. The van der Waals surface area contributed by atoms with Gasteiger partial charge in [0.05, 0.1) is 0 Å². The van der Waals surface area contributed by atoms with Crippen LogP contribution in [0.25, 0.3) is 0 Å². The van der Waals surface area contributed by atoms with Crippen molar-refractivity contribution in [3.63, 3.8) is 0 Å². The third kappa shape index (κ3) is 4.67. The van der Waals surface area contributed by atoms with E-state index in [-0.39, 0.29) is 0 Å². The topological polar surface area (TPSA) is 9.72 Å². The first-order chi connectivity index (χ1) is 11.1. The van der Waals surface area contributed by atoms with Crippen LogP contribution in [0.1, 0.15) is 47.1 Å². The predicted molar refractivity (Wildman–Crippen MR) is 98.9 cm³/mol. The Kier molecular flexibility index (Phi) is 9.64. The summed E-state index contributed by atoms with van der Waals surface area (Å²) >= 11 is -2.58. The van der Waals surface area contributed by atoms with Gasteiger partial charge in [-0.3, -0.25) is 0 Å². The van der Waals surface area contributed by atoms with E-state index < -0.39 is 17.4 Å². The van der Waals surface area contributed by atoms with Crippen LogP contribution < -0.4 is 0 Å². The zero-order valence-corrected chi connectivity index (χ0v) is 17.7. The van der Waals surface area contributed by atoms with Gasteiger partial charge in [-0.15, -0.1) is 0 Å². The molecule has 0 atom stereocenters. The molecule has 0 unspecified atom stereocenters. The van der Waals surface area contributed by atoms with Gasteiger partial charge in [0.25, 0.3) is 0 Å². The first kappa shape index (κ1) is 20.9. The van der Waals surface area contributed by atoms with Crippen molar-refractivity contribution in [2.75, 3.05) is 39.3 Å². The molecule has 1 rings (SSSR count). The Balaban J connectivity index is 3.43. The van der Waals surface area contributed by atoms with Crippen LogP contribution in [-0.2, 0) is 22.1 Å². The fraction of sp³-hybridized carbons (Fsp3) is 0.684. The third-order valence-electron chi connectivity index (χ3n) is 5.09. The van der Waals surface area contributed by atoms with Crippen LogP contribution in [-0.4, -0.2) is 49.4 Å². The van der Waals surface area contributed by atoms with Gasteiger partial charge in [0.2, 0.25) is 0 Å². The summed E-state index contributed by atoms with van der Waals surface area (Å²) in [6, 6.07) is 11.1. The molecule has 4 heteroatoms. The van der Waals surface area contributed by atoms with Crippen LogP contribution in [0.2, 0.25) is 0 Å². The van der Waals surface area contributed by atoms with Gasteiger partial charge in [-0.2, -0.15) is 0 Å². The van der Waals surface area contributed by atoms with Gasteiger partial charge in [0, 0.05) is 0 Å². The molecule has 23 heavy (non-hydrogen) atoms. The van der Waals surface area contributed by atoms with Crippen LogP contribution in [0.4, 0.5) is 0 Å². The average molecular weight is 355 g/mol. The Morgan fingerprint density at radius 3 is 1.26 bits per heavy atom.